The molecule has 0 aliphatic carbocycles. The monoisotopic (exact) mass is 458 g/mol. The van der Waals surface area contributed by atoms with Crippen LogP contribution in [0.15, 0.2) is 60.9 Å². The summed E-state index contributed by atoms with van der Waals surface area (Å²) in [7, 11) is 0. The molecule has 0 spiro atoms. The van der Waals surface area contributed by atoms with Crippen LogP contribution in [0.5, 0.6) is 0 Å². The summed E-state index contributed by atoms with van der Waals surface area (Å²) in [6.45, 7) is 4.92. The molecule has 2 amide bonds. The normalized spacial score (nSPS) is 11.6. The molecular weight excluding hydrogens is 437 g/mol. The lowest BCUT2D eigenvalue weighted by Crippen LogP contribution is -2.27. The molecule has 0 atom stereocenters. The number of alkyl halides is 3. The van der Waals surface area contributed by atoms with Gasteiger partial charge in [-0.05, 0) is 39.0 Å². The van der Waals surface area contributed by atoms with Gasteiger partial charge in [0.1, 0.15) is 5.60 Å². The van der Waals surface area contributed by atoms with E-state index in [4.69, 9.17) is 4.74 Å². The van der Waals surface area contributed by atoms with Crippen molar-refractivity contribution in [1.29, 1.82) is 0 Å². The molecule has 2 aromatic carbocycles. The average molecular weight is 458 g/mol. The maximum absolute atomic E-state index is 13.2. The second-order valence-electron chi connectivity index (χ2n) is 8.00. The van der Waals surface area contributed by atoms with Crippen molar-refractivity contribution in [3.63, 3.8) is 0 Å². The summed E-state index contributed by atoms with van der Waals surface area (Å²) in [6, 6.07) is 11.6. The van der Waals surface area contributed by atoms with Crippen molar-refractivity contribution in [2.45, 2.75) is 32.5 Å². The number of halogens is 3. The van der Waals surface area contributed by atoms with Gasteiger partial charge in [-0.15, -0.1) is 0 Å². The number of hydrogen-bond donors (Lipinski definition) is 2. The Morgan fingerprint density at radius 2 is 1.52 bits per heavy atom. The molecule has 0 saturated heterocycles. The molecule has 3 aromatic rings. The minimum absolute atomic E-state index is 0.0234. The zero-order chi connectivity index (χ0) is 24.2. The fourth-order valence-electron chi connectivity index (χ4n) is 2.72. The van der Waals surface area contributed by atoms with E-state index in [-0.39, 0.29) is 16.9 Å². The highest BCUT2D eigenvalue weighted by atomic mass is 19.4. The molecule has 33 heavy (non-hydrogen) atoms. The lowest BCUT2D eigenvalue weighted by Gasteiger charge is -2.21. The van der Waals surface area contributed by atoms with Gasteiger partial charge in [-0.2, -0.15) is 13.2 Å². The number of carbonyl (C=O) groups excluding carboxylic acids is 2. The van der Waals surface area contributed by atoms with Gasteiger partial charge in [0.15, 0.2) is 5.82 Å². The minimum atomic E-state index is -4.65. The minimum Gasteiger partial charge on any atom is -0.444 e. The van der Waals surface area contributed by atoms with Crippen LogP contribution in [0.1, 0.15) is 36.7 Å². The van der Waals surface area contributed by atoms with Crippen LogP contribution in [-0.4, -0.2) is 27.6 Å². The Balaban J connectivity index is 1.85. The van der Waals surface area contributed by atoms with Crippen LogP contribution >= 0.6 is 0 Å². The SMILES string of the molecule is CC(C)(C)OC(=O)Nc1ccc(C(F)(F)F)cc1NC(=O)c1cnc(-c2ccccc2)nc1. The Labute approximate surface area is 188 Å². The van der Waals surface area contributed by atoms with Crippen LogP contribution in [0.3, 0.4) is 0 Å². The third kappa shape index (κ3) is 6.52. The molecule has 0 aliphatic rings. The Kier molecular flexibility index (Phi) is 6.66. The maximum Gasteiger partial charge on any atom is 0.416 e. The maximum atomic E-state index is 13.2. The van der Waals surface area contributed by atoms with Gasteiger partial charge in [0.05, 0.1) is 22.5 Å². The van der Waals surface area contributed by atoms with Gasteiger partial charge < -0.3 is 10.1 Å². The Bertz CT molecular complexity index is 1140. The predicted molar refractivity (Wildman–Crippen MR) is 117 cm³/mol. The van der Waals surface area contributed by atoms with Crippen LogP contribution in [-0.2, 0) is 10.9 Å². The summed E-state index contributed by atoms with van der Waals surface area (Å²) in [5.41, 5.74) is -1.37. The molecule has 0 saturated carbocycles. The molecule has 0 aliphatic heterocycles. The van der Waals surface area contributed by atoms with Gasteiger partial charge in [0.2, 0.25) is 0 Å². The summed E-state index contributed by atoms with van der Waals surface area (Å²) in [6.07, 6.45) is -3.00. The smallest absolute Gasteiger partial charge is 0.416 e. The molecule has 0 radical (unpaired) electrons. The highest BCUT2D eigenvalue weighted by molar-refractivity contribution is 6.06. The van der Waals surface area contributed by atoms with Crippen molar-refractivity contribution < 1.29 is 27.5 Å². The number of carbonyl (C=O) groups is 2. The summed E-state index contributed by atoms with van der Waals surface area (Å²) in [5.74, 6) is -0.361. The van der Waals surface area contributed by atoms with E-state index in [1.54, 1.807) is 32.9 Å². The lowest BCUT2D eigenvalue weighted by molar-refractivity contribution is -0.137. The second-order valence-corrected chi connectivity index (χ2v) is 8.00. The summed E-state index contributed by atoms with van der Waals surface area (Å²) >= 11 is 0. The standard InChI is InChI=1S/C23H21F3N4O3/c1-22(2,3)33-21(32)30-17-10-9-16(23(24,25)26)11-18(17)29-20(31)15-12-27-19(28-13-15)14-7-5-4-6-8-14/h4-13H,1-3H3,(H,29,31)(H,30,32). The number of anilines is 2. The van der Waals surface area contributed by atoms with Crippen molar-refractivity contribution in [2.24, 2.45) is 0 Å². The van der Waals surface area contributed by atoms with Gasteiger partial charge >= 0.3 is 12.3 Å². The molecule has 172 valence electrons. The van der Waals surface area contributed by atoms with Crippen molar-refractivity contribution in [1.82, 2.24) is 9.97 Å². The van der Waals surface area contributed by atoms with Crippen molar-refractivity contribution in [3.8, 4) is 11.4 Å². The molecule has 0 bridgehead atoms. The van der Waals surface area contributed by atoms with Gasteiger partial charge in [0.25, 0.3) is 5.91 Å². The molecule has 10 heteroatoms. The van der Waals surface area contributed by atoms with Crippen LogP contribution in [0.4, 0.5) is 29.3 Å². The Morgan fingerprint density at radius 3 is 2.09 bits per heavy atom. The number of benzene rings is 2. The van der Waals surface area contributed by atoms with Gasteiger partial charge in [-0.25, -0.2) is 14.8 Å². The van der Waals surface area contributed by atoms with E-state index >= 15 is 0 Å². The summed E-state index contributed by atoms with van der Waals surface area (Å²) < 4.78 is 44.8. The first-order chi connectivity index (χ1) is 15.4. The van der Waals surface area contributed by atoms with E-state index in [1.165, 1.54) is 12.4 Å². The predicted octanol–water partition coefficient (Wildman–Crippen LogP) is 5.76. The molecule has 2 N–H and O–H groups in total. The first-order valence-electron chi connectivity index (χ1n) is 9.82. The topological polar surface area (TPSA) is 93.2 Å². The van der Waals surface area contributed by atoms with E-state index < -0.39 is 29.3 Å². The van der Waals surface area contributed by atoms with Gasteiger partial charge in [0, 0.05) is 18.0 Å². The first kappa shape index (κ1) is 23.7. The number of ether oxygens (including phenoxy) is 1. The molecule has 3 rings (SSSR count). The van der Waals surface area contributed by atoms with Crippen molar-refractivity contribution in [2.75, 3.05) is 10.6 Å². The molecule has 0 fully saturated rings. The lowest BCUT2D eigenvalue weighted by atomic mass is 10.1. The quantitative estimate of drug-likeness (QED) is 0.518. The molecule has 7 nitrogen and oxygen atoms in total. The number of rotatable bonds is 4. The third-order valence-corrected chi connectivity index (χ3v) is 4.18. The van der Waals surface area contributed by atoms with Crippen LogP contribution in [0, 0.1) is 0 Å². The second kappa shape index (κ2) is 9.27. The zero-order valence-electron chi connectivity index (χ0n) is 18.0. The van der Waals surface area contributed by atoms with E-state index in [2.05, 4.69) is 20.6 Å². The van der Waals surface area contributed by atoms with E-state index in [1.807, 2.05) is 18.2 Å². The first-order valence-corrected chi connectivity index (χ1v) is 9.82. The number of nitrogens with zero attached hydrogens (tertiary/aromatic N) is 2. The largest absolute Gasteiger partial charge is 0.444 e. The van der Waals surface area contributed by atoms with Crippen LogP contribution < -0.4 is 10.6 Å². The van der Waals surface area contributed by atoms with E-state index in [0.29, 0.717) is 5.82 Å². The fraction of sp³-hybridized carbons (Fsp3) is 0.217. The van der Waals surface area contributed by atoms with Gasteiger partial charge in [-0.3, -0.25) is 10.1 Å². The molecule has 0 unspecified atom stereocenters. The summed E-state index contributed by atoms with van der Waals surface area (Å²) in [4.78, 5) is 33.1. The average Bonchev–Trinajstić information content (AvgIpc) is 2.73. The van der Waals surface area contributed by atoms with E-state index in [0.717, 1.165) is 23.8 Å². The Hall–Kier alpha value is -3.95. The van der Waals surface area contributed by atoms with Crippen molar-refractivity contribution in [3.05, 3.63) is 72.1 Å². The summed E-state index contributed by atoms with van der Waals surface area (Å²) in [5, 5.41) is 4.74. The number of amides is 2. The molecule has 1 heterocycles. The van der Waals surface area contributed by atoms with Crippen LogP contribution in [0.2, 0.25) is 0 Å². The zero-order valence-corrected chi connectivity index (χ0v) is 18.0. The van der Waals surface area contributed by atoms with Gasteiger partial charge in [-0.1, -0.05) is 30.3 Å². The van der Waals surface area contributed by atoms with Crippen molar-refractivity contribution >= 4 is 23.4 Å². The number of nitrogens with one attached hydrogen (secondary N) is 2. The highest BCUT2D eigenvalue weighted by Crippen LogP contribution is 2.34. The van der Waals surface area contributed by atoms with Crippen LogP contribution in [0.25, 0.3) is 11.4 Å². The third-order valence-electron chi connectivity index (χ3n) is 4.18. The van der Waals surface area contributed by atoms with E-state index in [9.17, 15) is 22.8 Å². The molecular formula is C23H21F3N4O3. The highest BCUT2D eigenvalue weighted by Gasteiger charge is 2.31. The fourth-order valence-corrected chi connectivity index (χ4v) is 2.72. The molecule has 1 aromatic heterocycles. The Morgan fingerprint density at radius 1 is 0.879 bits per heavy atom. The number of aromatic nitrogens is 2. The number of hydrogen-bond acceptors (Lipinski definition) is 5.